The average molecular weight is 489 g/mol. The van der Waals surface area contributed by atoms with Crippen molar-refractivity contribution in [2.45, 2.75) is 79.9 Å². The van der Waals surface area contributed by atoms with Crippen molar-refractivity contribution in [2.75, 3.05) is 24.6 Å². The summed E-state index contributed by atoms with van der Waals surface area (Å²) in [6.45, 7) is 20.8. The number of rotatable bonds is 11. The lowest BCUT2D eigenvalue weighted by Gasteiger charge is -2.31. The molecule has 0 spiro atoms. The van der Waals surface area contributed by atoms with Crippen molar-refractivity contribution in [3.05, 3.63) is 71.5 Å². The first-order valence-corrected chi connectivity index (χ1v) is 13.1. The topological polar surface area (TPSA) is 45.5 Å². The van der Waals surface area contributed by atoms with E-state index < -0.39 is 5.60 Å². The van der Waals surface area contributed by atoms with Crippen molar-refractivity contribution in [1.29, 1.82) is 5.26 Å². The molecule has 36 heavy (non-hydrogen) atoms. The Morgan fingerprint density at radius 1 is 0.972 bits per heavy atom. The van der Waals surface area contributed by atoms with Gasteiger partial charge in [-0.1, -0.05) is 37.3 Å². The lowest BCUT2D eigenvalue weighted by molar-refractivity contribution is -0.0927. The monoisotopic (exact) mass is 488 g/mol. The SMILES string of the molecule is C\C=C/C(=C(C#N)\C(=C\CC)OC(C)(C)COC(C)(C)C)c1ccc2cc(N(CC)CC)ccc2c1. The highest BCUT2D eigenvalue weighted by atomic mass is 16.6. The molecule has 0 aliphatic heterocycles. The molecule has 0 radical (unpaired) electrons. The number of hydrogen-bond donors (Lipinski definition) is 0. The Kier molecular flexibility index (Phi) is 10.4. The molecule has 2 aromatic rings. The van der Waals surface area contributed by atoms with E-state index in [2.05, 4.69) is 68.1 Å². The largest absolute Gasteiger partial charge is 0.484 e. The second kappa shape index (κ2) is 12.8. The first-order chi connectivity index (χ1) is 17.0. The summed E-state index contributed by atoms with van der Waals surface area (Å²) < 4.78 is 12.4. The van der Waals surface area contributed by atoms with E-state index in [1.807, 2.05) is 59.8 Å². The minimum Gasteiger partial charge on any atom is -0.484 e. The van der Waals surface area contributed by atoms with E-state index >= 15 is 0 Å². The second-order valence-corrected chi connectivity index (χ2v) is 10.6. The number of benzene rings is 2. The summed E-state index contributed by atoms with van der Waals surface area (Å²) in [5.74, 6) is 0.590. The number of hydrogen-bond acceptors (Lipinski definition) is 4. The first kappa shape index (κ1) is 29.2. The predicted molar refractivity (Wildman–Crippen MR) is 154 cm³/mol. The molecule has 4 heteroatoms. The van der Waals surface area contributed by atoms with Gasteiger partial charge in [0, 0.05) is 24.4 Å². The minimum atomic E-state index is -0.596. The lowest BCUT2D eigenvalue weighted by atomic mass is 9.95. The molecular weight excluding hydrogens is 444 g/mol. The smallest absolute Gasteiger partial charge is 0.134 e. The molecule has 0 heterocycles. The van der Waals surface area contributed by atoms with E-state index in [0.29, 0.717) is 17.9 Å². The highest BCUT2D eigenvalue weighted by molar-refractivity contribution is 5.92. The van der Waals surface area contributed by atoms with Crippen molar-refractivity contribution < 1.29 is 9.47 Å². The number of anilines is 1. The van der Waals surface area contributed by atoms with Crippen LogP contribution >= 0.6 is 0 Å². The van der Waals surface area contributed by atoms with Gasteiger partial charge < -0.3 is 14.4 Å². The van der Waals surface area contributed by atoms with Crippen LogP contribution in [0.25, 0.3) is 16.3 Å². The fraction of sp³-hybridized carbons (Fsp3) is 0.469. The van der Waals surface area contributed by atoms with E-state index in [-0.39, 0.29) is 5.60 Å². The molecular formula is C32H44N2O2. The zero-order chi connectivity index (χ0) is 26.9. The number of allylic oxidation sites excluding steroid dienone is 5. The molecule has 4 nitrogen and oxygen atoms in total. The number of ether oxygens (including phenoxy) is 2. The van der Waals surface area contributed by atoms with Gasteiger partial charge in [-0.25, -0.2) is 0 Å². The maximum atomic E-state index is 10.3. The molecule has 194 valence electrons. The molecule has 0 atom stereocenters. The van der Waals surface area contributed by atoms with Crippen LogP contribution in [0.15, 0.2) is 66.0 Å². The van der Waals surface area contributed by atoms with E-state index in [1.165, 1.54) is 11.1 Å². The Balaban J connectivity index is 2.56. The Bertz CT molecular complexity index is 1150. The maximum Gasteiger partial charge on any atom is 0.134 e. The summed E-state index contributed by atoms with van der Waals surface area (Å²) in [7, 11) is 0. The molecule has 0 saturated carbocycles. The summed E-state index contributed by atoms with van der Waals surface area (Å²) in [6.07, 6.45) is 6.71. The van der Waals surface area contributed by atoms with Gasteiger partial charge in [-0.15, -0.1) is 0 Å². The van der Waals surface area contributed by atoms with Crippen LogP contribution in [-0.2, 0) is 9.47 Å². The Morgan fingerprint density at radius 3 is 2.17 bits per heavy atom. The van der Waals surface area contributed by atoms with Crippen LogP contribution in [0.2, 0.25) is 0 Å². The summed E-state index contributed by atoms with van der Waals surface area (Å²) in [5, 5.41) is 12.6. The zero-order valence-corrected chi connectivity index (χ0v) is 23.7. The van der Waals surface area contributed by atoms with Gasteiger partial charge in [-0.05, 0) is 102 Å². The third-order valence-corrected chi connectivity index (χ3v) is 5.85. The molecule has 0 N–H and O–H groups in total. The fourth-order valence-electron chi connectivity index (χ4n) is 4.02. The number of nitrogens with zero attached hydrogens (tertiary/aromatic N) is 2. The number of fused-ring (bicyclic) bond motifs is 1. The molecule has 2 rings (SSSR count). The average Bonchev–Trinajstić information content (AvgIpc) is 2.83. The highest BCUT2D eigenvalue weighted by Gasteiger charge is 2.27. The van der Waals surface area contributed by atoms with Crippen molar-refractivity contribution in [3.8, 4) is 6.07 Å². The van der Waals surface area contributed by atoms with Crippen molar-refractivity contribution >= 4 is 22.0 Å². The van der Waals surface area contributed by atoms with E-state index in [1.54, 1.807) is 0 Å². The van der Waals surface area contributed by atoms with E-state index in [0.717, 1.165) is 36.0 Å². The molecule has 0 aliphatic rings. The van der Waals surface area contributed by atoms with Gasteiger partial charge >= 0.3 is 0 Å². The highest BCUT2D eigenvalue weighted by Crippen LogP contribution is 2.32. The van der Waals surface area contributed by atoms with E-state index in [9.17, 15) is 5.26 Å². The van der Waals surface area contributed by atoms with Crippen molar-refractivity contribution in [3.63, 3.8) is 0 Å². The molecule has 2 aromatic carbocycles. The third-order valence-electron chi connectivity index (χ3n) is 5.85. The molecule has 0 amide bonds. The molecule has 0 saturated heterocycles. The van der Waals surface area contributed by atoms with Crippen LogP contribution in [0.1, 0.15) is 74.3 Å². The van der Waals surface area contributed by atoms with Crippen LogP contribution in [0, 0.1) is 11.3 Å². The van der Waals surface area contributed by atoms with Gasteiger partial charge in [0.05, 0.1) is 12.2 Å². The molecule has 0 fully saturated rings. The van der Waals surface area contributed by atoms with Gasteiger partial charge in [0.2, 0.25) is 0 Å². The van der Waals surface area contributed by atoms with Gasteiger partial charge in [0.25, 0.3) is 0 Å². The molecule has 0 aliphatic carbocycles. The van der Waals surface area contributed by atoms with Crippen LogP contribution in [0.3, 0.4) is 0 Å². The first-order valence-electron chi connectivity index (χ1n) is 13.1. The van der Waals surface area contributed by atoms with Crippen LogP contribution < -0.4 is 4.90 Å². The van der Waals surface area contributed by atoms with Crippen LogP contribution in [0.5, 0.6) is 0 Å². The van der Waals surface area contributed by atoms with E-state index in [4.69, 9.17) is 9.47 Å². The Morgan fingerprint density at radius 2 is 1.61 bits per heavy atom. The lowest BCUT2D eigenvalue weighted by Crippen LogP contribution is -2.35. The number of nitriles is 1. The third kappa shape index (κ3) is 8.00. The van der Waals surface area contributed by atoms with Crippen LogP contribution in [-0.4, -0.2) is 30.9 Å². The summed E-state index contributed by atoms with van der Waals surface area (Å²) in [5.41, 5.74) is 2.72. The minimum absolute atomic E-state index is 0.268. The quantitative estimate of drug-likeness (QED) is 0.181. The van der Waals surface area contributed by atoms with Crippen LogP contribution in [0.4, 0.5) is 5.69 Å². The fourth-order valence-corrected chi connectivity index (χ4v) is 4.02. The van der Waals surface area contributed by atoms with Gasteiger partial charge in [-0.2, -0.15) is 5.26 Å². The summed E-state index contributed by atoms with van der Waals surface area (Å²) in [4.78, 5) is 2.34. The standard InChI is InChI=1S/C32H44N2O2/c1-10-14-28(26-17-16-25-21-27(34(12-3)13-4)19-18-24(25)20-26)29(22-33)30(15-11-2)36-32(8,9)23-35-31(5,6)7/h10,14-21H,11-13,23H2,1-9H3/b14-10-,29-28+,30-15-. The Hall–Kier alpha value is -3.03. The molecule has 0 bridgehead atoms. The normalized spacial score (nSPS) is 13.6. The van der Waals surface area contributed by atoms with Crippen molar-refractivity contribution in [1.82, 2.24) is 0 Å². The zero-order valence-electron chi connectivity index (χ0n) is 23.7. The van der Waals surface area contributed by atoms with Gasteiger partial charge in [-0.3, -0.25) is 0 Å². The Labute approximate surface area is 218 Å². The maximum absolute atomic E-state index is 10.3. The van der Waals surface area contributed by atoms with Crippen molar-refractivity contribution in [2.24, 2.45) is 0 Å². The molecule has 0 unspecified atom stereocenters. The van der Waals surface area contributed by atoms with Gasteiger partial charge in [0.15, 0.2) is 0 Å². The second-order valence-electron chi connectivity index (χ2n) is 10.6. The summed E-state index contributed by atoms with van der Waals surface area (Å²) in [6, 6.07) is 15.4. The van der Waals surface area contributed by atoms with Gasteiger partial charge in [0.1, 0.15) is 23.0 Å². The molecule has 0 aromatic heterocycles. The predicted octanol–water partition coefficient (Wildman–Crippen LogP) is 8.44. The summed E-state index contributed by atoms with van der Waals surface area (Å²) >= 11 is 0.